The third-order valence-corrected chi connectivity index (χ3v) is 4.25. The number of alkyl halides is 1. The summed E-state index contributed by atoms with van der Waals surface area (Å²) in [6.45, 7) is 4.48. The molecule has 0 aliphatic heterocycles. The lowest BCUT2D eigenvalue weighted by Crippen LogP contribution is -1.98. The molecule has 20 heavy (non-hydrogen) atoms. The van der Waals surface area contributed by atoms with Gasteiger partial charge in [-0.05, 0) is 47.6 Å². The highest BCUT2D eigenvalue weighted by Crippen LogP contribution is 2.26. The Balaban J connectivity index is 2.01. The molecule has 0 N–H and O–H groups in total. The van der Waals surface area contributed by atoms with E-state index in [-0.39, 0.29) is 5.38 Å². The summed E-state index contributed by atoms with van der Waals surface area (Å²) in [4.78, 5) is 0. The Morgan fingerprint density at radius 3 is 1.90 bits per heavy atom. The quantitative estimate of drug-likeness (QED) is 0.565. The summed E-state index contributed by atoms with van der Waals surface area (Å²) >= 11 is 9.98. The summed E-state index contributed by atoms with van der Waals surface area (Å²) < 4.78 is 1.10. The van der Waals surface area contributed by atoms with Crippen LogP contribution in [0.2, 0.25) is 0 Å². The fourth-order valence-corrected chi connectivity index (χ4v) is 2.87. The van der Waals surface area contributed by atoms with E-state index in [9.17, 15) is 0 Å². The molecule has 2 aromatic carbocycles. The zero-order chi connectivity index (χ0) is 14.5. The normalized spacial score (nSPS) is 12.7. The van der Waals surface area contributed by atoms with Crippen molar-refractivity contribution in [2.24, 2.45) is 5.92 Å². The van der Waals surface area contributed by atoms with Crippen molar-refractivity contribution >= 4 is 27.5 Å². The van der Waals surface area contributed by atoms with Gasteiger partial charge in [-0.15, -0.1) is 11.6 Å². The first-order chi connectivity index (χ1) is 9.54. The molecule has 0 spiro atoms. The highest BCUT2D eigenvalue weighted by atomic mass is 79.9. The van der Waals surface area contributed by atoms with E-state index in [0.29, 0.717) is 5.92 Å². The molecule has 2 aromatic rings. The van der Waals surface area contributed by atoms with Crippen LogP contribution in [0.15, 0.2) is 53.0 Å². The van der Waals surface area contributed by atoms with Crippen molar-refractivity contribution in [3.8, 4) is 0 Å². The zero-order valence-electron chi connectivity index (χ0n) is 11.9. The predicted molar refractivity (Wildman–Crippen MR) is 91.4 cm³/mol. The maximum absolute atomic E-state index is 6.53. The molecule has 0 aliphatic carbocycles. The minimum Gasteiger partial charge on any atom is -0.117 e. The molecule has 2 rings (SSSR count). The van der Waals surface area contributed by atoms with Gasteiger partial charge in [0.05, 0.1) is 5.38 Å². The molecule has 2 heteroatoms. The van der Waals surface area contributed by atoms with Gasteiger partial charge in [-0.2, -0.15) is 0 Å². The first-order valence-electron chi connectivity index (χ1n) is 7.02. The lowest BCUT2D eigenvalue weighted by molar-refractivity contribution is 0.647. The van der Waals surface area contributed by atoms with Gasteiger partial charge in [0.25, 0.3) is 0 Å². The first-order valence-corrected chi connectivity index (χ1v) is 8.25. The van der Waals surface area contributed by atoms with Crippen molar-refractivity contribution in [1.29, 1.82) is 0 Å². The van der Waals surface area contributed by atoms with Crippen molar-refractivity contribution in [3.05, 3.63) is 69.7 Å². The van der Waals surface area contributed by atoms with Crippen LogP contribution in [-0.2, 0) is 12.8 Å². The van der Waals surface area contributed by atoms with Crippen LogP contribution in [0.5, 0.6) is 0 Å². The lowest BCUT2D eigenvalue weighted by Gasteiger charge is -2.12. The van der Waals surface area contributed by atoms with Crippen LogP contribution in [0.4, 0.5) is 0 Å². The molecule has 0 bridgehead atoms. The molecule has 0 radical (unpaired) electrons. The second-order valence-electron chi connectivity index (χ2n) is 5.64. The van der Waals surface area contributed by atoms with Crippen LogP contribution < -0.4 is 0 Å². The van der Waals surface area contributed by atoms with Crippen molar-refractivity contribution in [1.82, 2.24) is 0 Å². The molecule has 0 aromatic heterocycles. The molecule has 0 heterocycles. The van der Waals surface area contributed by atoms with Crippen molar-refractivity contribution < 1.29 is 0 Å². The number of halogens is 2. The van der Waals surface area contributed by atoms with Gasteiger partial charge < -0.3 is 0 Å². The molecule has 1 atom stereocenters. The lowest BCUT2D eigenvalue weighted by atomic mass is 9.99. The summed E-state index contributed by atoms with van der Waals surface area (Å²) in [5.74, 6) is 0.690. The largest absolute Gasteiger partial charge is 0.117 e. The van der Waals surface area contributed by atoms with Gasteiger partial charge in [0.2, 0.25) is 0 Å². The van der Waals surface area contributed by atoms with Gasteiger partial charge in [-0.3, -0.25) is 0 Å². The standard InChI is InChI=1S/C18H20BrCl/c1-13(2)11-14-3-7-16(8-4-14)18(20)12-15-5-9-17(19)10-6-15/h3-10,13,18H,11-12H2,1-2H3. The van der Waals surface area contributed by atoms with E-state index in [1.54, 1.807) is 0 Å². The summed E-state index contributed by atoms with van der Waals surface area (Å²) in [5.41, 5.74) is 3.85. The van der Waals surface area contributed by atoms with Gasteiger partial charge in [-0.1, -0.05) is 66.2 Å². The first kappa shape index (κ1) is 15.6. The molecule has 106 valence electrons. The van der Waals surface area contributed by atoms with Gasteiger partial charge in [0.1, 0.15) is 0 Å². The Hall–Kier alpha value is -0.790. The average molecular weight is 352 g/mol. The number of benzene rings is 2. The molecule has 0 amide bonds. The molecule has 1 unspecified atom stereocenters. The van der Waals surface area contributed by atoms with Crippen molar-refractivity contribution in [2.45, 2.75) is 32.1 Å². The smallest absolute Gasteiger partial charge is 0.0625 e. The Morgan fingerprint density at radius 2 is 1.35 bits per heavy atom. The molecular weight excluding hydrogens is 332 g/mol. The van der Waals surface area contributed by atoms with E-state index in [0.717, 1.165) is 17.3 Å². The second kappa shape index (κ2) is 7.28. The molecule has 0 aliphatic rings. The van der Waals surface area contributed by atoms with Gasteiger partial charge >= 0.3 is 0 Å². The molecule has 0 saturated carbocycles. The molecule has 0 saturated heterocycles. The van der Waals surface area contributed by atoms with Crippen LogP contribution in [0.25, 0.3) is 0 Å². The van der Waals surface area contributed by atoms with E-state index in [1.165, 1.54) is 16.7 Å². The Morgan fingerprint density at radius 1 is 0.850 bits per heavy atom. The maximum atomic E-state index is 6.53. The molecule has 0 fully saturated rings. The molecular formula is C18H20BrCl. The summed E-state index contributed by atoms with van der Waals surface area (Å²) in [6.07, 6.45) is 1.98. The third-order valence-electron chi connectivity index (χ3n) is 3.31. The van der Waals surface area contributed by atoms with E-state index in [1.807, 2.05) is 0 Å². The van der Waals surface area contributed by atoms with Gasteiger partial charge in [-0.25, -0.2) is 0 Å². The van der Waals surface area contributed by atoms with E-state index >= 15 is 0 Å². The van der Waals surface area contributed by atoms with Gasteiger partial charge in [0.15, 0.2) is 0 Å². The Kier molecular flexibility index (Phi) is 5.68. The Labute approximate surface area is 135 Å². The van der Waals surface area contributed by atoms with Crippen LogP contribution >= 0.6 is 27.5 Å². The van der Waals surface area contributed by atoms with E-state index in [2.05, 4.69) is 78.3 Å². The fraction of sp³-hybridized carbons (Fsp3) is 0.333. The van der Waals surface area contributed by atoms with Crippen molar-refractivity contribution in [2.75, 3.05) is 0 Å². The van der Waals surface area contributed by atoms with Crippen LogP contribution in [-0.4, -0.2) is 0 Å². The highest BCUT2D eigenvalue weighted by Gasteiger charge is 2.09. The minimum absolute atomic E-state index is 0.0317. The topological polar surface area (TPSA) is 0 Å². The van der Waals surface area contributed by atoms with Crippen LogP contribution in [0.1, 0.15) is 35.9 Å². The minimum atomic E-state index is 0.0317. The SMILES string of the molecule is CC(C)Cc1ccc(C(Cl)Cc2ccc(Br)cc2)cc1. The van der Waals surface area contributed by atoms with E-state index in [4.69, 9.17) is 11.6 Å². The van der Waals surface area contributed by atoms with E-state index < -0.39 is 0 Å². The Bertz CT molecular complexity index is 528. The van der Waals surface area contributed by atoms with Gasteiger partial charge in [0, 0.05) is 4.47 Å². The number of hydrogen-bond donors (Lipinski definition) is 0. The van der Waals surface area contributed by atoms with Crippen molar-refractivity contribution in [3.63, 3.8) is 0 Å². The third kappa shape index (κ3) is 4.64. The average Bonchev–Trinajstić information content (AvgIpc) is 2.41. The second-order valence-corrected chi connectivity index (χ2v) is 7.08. The molecule has 0 nitrogen and oxygen atoms in total. The summed E-state index contributed by atoms with van der Waals surface area (Å²) in [5, 5.41) is 0.0317. The number of rotatable bonds is 5. The maximum Gasteiger partial charge on any atom is 0.0625 e. The zero-order valence-corrected chi connectivity index (χ0v) is 14.3. The van der Waals surface area contributed by atoms with Crippen LogP contribution in [0.3, 0.4) is 0 Å². The number of hydrogen-bond acceptors (Lipinski definition) is 0. The fourth-order valence-electron chi connectivity index (χ4n) is 2.28. The summed E-state index contributed by atoms with van der Waals surface area (Å²) in [7, 11) is 0. The summed E-state index contributed by atoms with van der Waals surface area (Å²) in [6, 6.07) is 17.1. The monoisotopic (exact) mass is 350 g/mol. The van der Waals surface area contributed by atoms with Crippen LogP contribution in [0, 0.1) is 5.92 Å². The predicted octanol–water partition coefficient (Wildman–Crippen LogP) is 6.17. The highest BCUT2D eigenvalue weighted by molar-refractivity contribution is 9.10.